The van der Waals surface area contributed by atoms with Crippen LogP contribution >= 0.6 is 11.6 Å². The van der Waals surface area contributed by atoms with Gasteiger partial charge in [0.2, 0.25) is 0 Å². The van der Waals surface area contributed by atoms with Gasteiger partial charge < -0.3 is 9.30 Å². The fourth-order valence-corrected chi connectivity index (χ4v) is 2.79. The van der Waals surface area contributed by atoms with Crippen LogP contribution in [0.25, 0.3) is 11.2 Å². The molecule has 0 fully saturated rings. The first-order valence-electron chi connectivity index (χ1n) is 6.73. The number of carbonyl (C=O) groups is 1. The first-order chi connectivity index (χ1) is 10.0. The normalized spacial score (nSPS) is 21.1. The average molecular weight is 307 g/mol. The molecule has 2 atom stereocenters. The Balaban J connectivity index is 1.83. The van der Waals surface area contributed by atoms with E-state index < -0.39 is 0 Å². The lowest BCUT2D eigenvalue weighted by molar-refractivity contribution is -0.141. The molecule has 0 spiro atoms. The maximum Gasteiger partial charge on any atom is 0.302 e. The molecule has 6 nitrogen and oxygen atoms in total. The van der Waals surface area contributed by atoms with Crippen LogP contribution in [-0.4, -0.2) is 32.1 Å². The molecule has 0 aliphatic heterocycles. The van der Waals surface area contributed by atoms with Crippen LogP contribution in [0.1, 0.15) is 25.2 Å². The smallest absolute Gasteiger partial charge is 0.302 e. The van der Waals surface area contributed by atoms with Gasteiger partial charge in [0.25, 0.3) is 0 Å². The third-order valence-electron chi connectivity index (χ3n) is 3.50. The largest absolute Gasteiger partial charge is 0.465 e. The minimum absolute atomic E-state index is 0.140. The molecular weight excluding hydrogens is 292 g/mol. The third kappa shape index (κ3) is 2.76. The Morgan fingerprint density at radius 2 is 2.29 bits per heavy atom. The quantitative estimate of drug-likeness (QED) is 0.495. The molecule has 2 heterocycles. The third-order valence-corrected chi connectivity index (χ3v) is 3.76. The number of aromatic nitrogens is 4. The molecule has 0 N–H and O–H groups in total. The zero-order valence-corrected chi connectivity index (χ0v) is 12.5. The van der Waals surface area contributed by atoms with E-state index in [9.17, 15) is 4.79 Å². The number of hydrogen-bond acceptors (Lipinski definition) is 5. The van der Waals surface area contributed by atoms with Crippen molar-refractivity contribution in [3.8, 4) is 0 Å². The van der Waals surface area contributed by atoms with Gasteiger partial charge in [-0.1, -0.05) is 23.8 Å². The van der Waals surface area contributed by atoms with Crippen LogP contribution in [-0.2, 0) is 9.53 Å². The van der Waals surface area contributed by atoms with Gasteiger partial charge in [0.15, 0.2) is 10.8 Å². The minimum Gasteiger partial charge on any atom is -0.465 e. The number of hydrogen-bond donors (Lipinski definition) is 0. The molecule has 0 amide bonds. The van der Waals surface area contributed by atoms with Crippen LogP contribution in [0.3, 0.4) is 0 Å². The lowest BCUT2D eigenvalue weighted by Gasteiger charge is -2.14. The number of ether oxygens (including phenoxy) is 1. The predicted octanol–water partition coefficient (Wildman–Crippen LogP) is 2.47. The maximum atomic E-state index is 10.9. The number of esters is 1. The second-order valence-corrected chi connectivity index (χ2v) is 5.49. The number of aryl methyl sites for hydroxylation is 1. The average Bonchev–Trinajstić information content (AvgIpc) is 3.02. The Labute approximate surface area is 126 Å². The van der Waals surface area contributed by atoms with Gasteiger partial charge in [-0.25, -0.2) is 15.0 Å². The number of rotatable bonds is 3. The first-order valence-corrected chi connectivity index (χ1v) is 7.10. The van der Waals surface area contributed by atoms with Crippen LogP contribution in [0.4, 0.5) is 0 Å². The summed E-state index contributed by atoms with van der Waals surface area (Å²) in [6.07, 6.45) is 6.73. The van der Waals surface area contributed by atoms with E-state index in [4.69, 9.17) is 16.3 Å². The molecule has 1 aliphatic rings. The molecule has 21 heavy (non-hydrogen) atoms. The van der Waals surface area contributed by atoms with Gasteiger partial charge in [-0.2, -0.15) is 0 Å². The fraction of sp³-hybridized carbons (Fsp3) is 0.429. The second kappa shape index (κ2) is 5.44. The molecule has 0 saturated heterocycles. The molecule has 0 radical (unpaired) electrons. The summed E-state index contributed by atoms with van der Waals surface area (Å²) in [5, 5.41) is 0.370. The summed E-state index contributed by atoms with van der Waals surface area (Å²) >= 11 is 6.09. The highest BCUT2D eigenvalue weighted by molar-refractivity contribution is 6.33. The van der Waals surface area contributed by atoms with Crippen molar-refractivity contribution in [3.63, 3.8) is 0 Å². The Bertz CT molecular complexity index is 725. The maximum absolute atomic E-state index is 10.9. The van der Waals surface area contributed by atoms with Gasteiger partial charge in [0.1, 0.15) is 11.3 Å². The number of imidazole rings is 1. The van der Waals surface area contributed by atoms with Crippen molar-refractivity contribution >= 4 is 28.7 Å². The van der Waals surface area contributed by atoms with Gasteiger partial charge in [-0.05, 0) is 13.3 Å². The number of nitrogens with zero attached hydrogens (tertiary/aromatic N) is 4. The van der Waals surface area contributed by atoms with Crippen molar-refractivity contribution < 1.29 is 9.53 Å². The lowest BCUT2D eigenvalue weighted by atomic mass is 10.1. The van der Waals surface area contributed by atoms with E-state index in [0.29, 0.717) is 23.1 Å². The molecular formula is C14H15ClN4O2. The predicted molar refractivity (Wildman–Crippen MR) is 78.0 cm³/mol. The van der Waals surface area contributed by atoms with Crippen LogP contribution in [0.2, 0.25) is 5.15 Å². The first kappa shape index (κ1) is 14.0. The summed E-state index contributed by atoms with van der Waals surface area (Å²) in [6, 6.07) is 0.140. The highest BCUT2D eigenvalue weighted by atomic mass is 35.5. The number of allylic oxidation sites excluding steroid dienone is 1. The molecule has 2 aromatic heterocycles. The van der Waals surface area contributed by atoms with E-state index in [0.717, 1.165) is 12.1 Å². The summed E-state index contributed by atoms with van der Waals surface area (Å²) in [7, 11) is 0. The summed E-state index contributed by atoms with van der Waals surface area (Å²) in [4.78, 5) is 23.7. The molecule has 0 aromatic carbocycles. The monoisotopic (exact) mass is 306 g/mol. The Kier molecular flexibility index (Phi) is 3.63. The second-order valence-electron chi connectivity index (χ2n) is 5.14. The van der Waals surface area contributed by atoms with Crippen molar-refractivity contribution in [2.24, 2.45) is 5.92 Å². The van der Waals surface area contributed by atoms with E-state index in [-0.39, 0.29) is 17.9 Å². The van der Waals surface area contributed by atoms with Crippen LogP contribution in [0, 0.1) is 12.8 Å². The highest BCUT2D eigenvalue weighted by Crippen LogP contribution is 2.31. The molecule has 0 bridgehead atoms. The van der Waals surface area contributed by atoms with Crippen molar-refractivity contribution in [1.82, 2.24) is 19.5 Å². The Hall–Kier alpha value is -1.95. The van der Waals surface area contributed by atoms with Gasteiger partial charge in [0.05, 0.1) is 19.0 Å². The van der Waals surface area contributed by atoms with E-state index in [1.807, 2.05) is 4.57 Å². The molecule has 0 unspecified atom stereocenters. The molecule has 1 aliphatic carbocycles. The van der Waals surface area contributed by atoms with Gasteiger partial charge in [-0.3, -0.25) is 4.79 Å². The van der Waals surface area contributed by atoms with Crippen molar-refractivity contribution in [3.05, 3.63) is 29.5 Å². The molecule has 3 rings (SSSR count). The summed E-state index contributed by atoms with van der Waals surface area (Å²) < 4.78 is 7.04. The van der Waals surface area contributed by atoms with Gasteiger partial charge >= 0.3 is 5.97 Å². The topological polar surface area (TPSA) is 69.9 Å². The Morgan fingerprint density at radius 1 is 1.48 bits per heavy atom. The van der Waals surface area contributed by atoms with E-state index >= 15 is 0 Å². The van der Waals surface area contributed by atoms with Crippen LogP contribution in [0.5, 0.6) is 0 Å². The molecule has 0 saturated carbocycles. The molecule has 110 valence electrons. The summed E-state index contributed by atoms with van der Waals surface area (Å²) in [5.41, 5.74) is 1.34. The minimum atomic E-state index is -0.255. The zero-order chi connectivity index (χ0) is 15.0. The van der Waals surface area contributed by atoms with E-state index in [1.54, 1.807) is 13.3 Å². The Morgan fingerprint density at radius 3 is 3.05 bits per heavy atom. The SMILES string of the molecule is CC(=O)OC[C@@H]1C=C[C@H](n2cnc3c(Cl)nc(C)nc32)C1. The lowest BCUT2D eigenvalue weighted by Crippen LogP contribution is -2.12. The highest BCUT2D eigenvalue weighted by Gasteiger charge is 2.23. The standard InChI is InChI=1S/C14H15ClN4O2/c1-8-17-13(15)12-14(18-8)19(7-16-12)11-4-3-10(5-11)6-21-9(2)20/h3-4,7,10-11H,5-6H2,1-2H3/t10-,11+/m1/s1. The van der Waals surface area contributed by atoms with Crippen molar-refractivity contribution in [2.45, 2.75) is 26.3 Å². The van der Waals surface area contributed by atoms with Crippen molar-refractivity contribution in [2.75, 3.05) is 6.61 Å². The fourth-order valence-electron chi connectivity index (χ4n) is 2.53. The van der Waals surface area contributed by atoms with Gasteiger partial charge in [0, 0.05) is 12.8 Å². The number of fused-ring (bicyclic) bond motifs is 1. The van der Waals surface area contributed by atoms with E-state index in [1.165, 1.54) is 6.92 Å². The summed E-state index contributed by atoms with van der Waals surface area (Å²) in [5.74, 6) is 0.581. The van der Waals surface area contributed by atoms with Crippen LogP contribution in [0.15, 0.2) is 18.5 Å². The van der Waals surface area contributed by atoms with E-state index in [2.05, 4.69) is 27.1 Å². The summed E-state index contributed by atoms with van der Waals surface area (Å²) in [6.45, 7) is 3.63. The molecule has 2 aromatic rings. The number of carbonyl (C=O) groups excluding carboxylic acids is 1. The number of halogens is 1. The van der Waals surface area contributed by atoms with Crippen molar-refractivity contribution in [1.29, 1.82) is 0 Å². The van der Waals surface area contributed by atoms with Crippen LogP contribution < -0.4 is 0 Å². The zero-order valence-electron chi connectivity index (χ0n) is 11.8. The van der Waals surface area contributed by atoms with Gasteiger partial charge in [-0.15, -0.1) is 0 Å². The molecule has 7 heteroatoms.